The van der Waals surface area contributed by atoms with E-state index in [2.05, 4.69) is 0 Å². The molecule has 0 radical (unpaired) electrons. The maximum absolute atomic E-state index is 12.6. The van der Waals surface area contributed by atoms with E-state index in [0.717, 1.165) is 23.3 Å². The van der Waals surface area contributed by atoms with Crippen molar-refractivity contribution in [3.8, 4) is 5.75 Å². The molecular formula is C18H23NO5. The van der Waals surface area contributed by atoms with Crippen LogP contribution in [-0.4, -0.2) is 55.3 Å². The number of benzene rings is 1. The zero-order valence-electron chi connectivity index (χ0n) is 13.9. The van der Waals surface area contributed by atoms with E-state index >= 15 is 0 Å². The number of nitrogens with zero attached hydrogens (tertiary/aromatic N) is 1. The Balaban J connectivity index is 1.69. The topological polar surface area (TPSA) is 76.1 Å². The second-order valence-electron chi connectivity index (χ2n) is 6.65. The molecule has 130 valence electrons. The van der Waals surface area contributed by atoms with Crippen molar-refractivity contribution in [2.45, 2.75) is 25.7 Å². The van der Waals surface area contributed by atoms with Gasteiger partial charge in [0.1, 0.15) is 11.2 Å². The standard InChI is InChI=1S/C18H23NO5/c1-23-12-18(17(21)22)6-2-7-19(11-18)16(20)10-13-3-4-15-14(9-13)5-8-24-15/h3-4,9H,2,5-8,10-12H2,1H3,(H,21,22). The van der Waals surface area contributed by atoms with E-state index < -0.39 is 11.4 Å². The fourth-order valence-electron chi connectivity index (χ4n) is 3.61. The maximum atomic E-state index is 12.6. The lowest BCUT2D eigenvalue weighted by Gasteiger charge is -2.39. The van der Waals surface area contributed by atoms with Crippen LogP contribution in [-0.2, 0) is 27.2 Å². The van der Waals surface area contributed by atoms with Gasteiger partial charge in [0.25, 0.3) is 0 Å². The molecule has 2 heterocycles. The summed E-state index contributed by atoms with van der Waals surface area (Å²) in [4.78, 5) is 26.0. The Morgan fingerprint density at radius 2 is 2.25 bits per heavy atom. The summed E-state index contributed by atoms with van der Waals surface area (Å²) in [5.74, 6) is -0.0269. The van der Waals surface area contributed by atoms with E-state index in [-0.39, 0.29) is 25.5 Å². The van der Waals surface area contributed by atoms with Crippen LogP contribution in [0.1, 0.15) is 24.0 Å². The van der Waals surface area contributed by atoms with Gasteiger partial charge in [0.15, 0.2) is 0 Å². The number of carboxylic acid groups (broad SMARTS) is 1. The molecule has 0 bridgehead atoms. The molecule has 0 aromatic heterocycles. The average molecular weight is 333 g/mol. The van der Waals surface area contributed by atoms with Crippen LogP contribution in [0.15, 0.2) is 18.2 Å². The highest BCUT2D eigenvalue weighted by Gasteiger charge is 2.43. The molecule has 1 aromatic rings. The summed E-state index contributed by atoms with van der Waals surface area (Å²) in [6.07, 6.45) is 2.38. The van der Waals surface area contributed by atoms with Crippen molar-refractivity contribution < 1.29 is 24.2 Å². The molecular weight excluding hydrogens is 310 g/mol. The lowest BCUT2D eigenvalue weighted by molar-refractivity contribution is -0.159. The number of ether oxygens (including phenoxy) is 2. The van der Waals surface area contributed by atoms with Crippen LogP contribution in [0.5, 0.6) is 5.75 Å². The van der Waals surface area contributed by atoms with Crippen LogP contribution in [0.4, 0.5) is 0 Å². The van der Waals surface area contributed by atoms with Crippen LogP contribution in [0.3, 0.4) is 0 Å². The first-order valence-corrected chi connectivity index (χ1v) is 8.29. The smallest absolute Gasteiger partial charge is 0.313 e. The quantitative estimate of drug-likeness (QED) is 0.884. The number of hydrogen-bond acceptors (Lipinski definition) is 4. The summed E-state index contributed by atoms with van der Waals surface area (Å²) in [5.41, 5.74) is 1.09. The number of likely N-dealkylation sites (tertiary alicyclic amines) is 1. The van der Waals surface area contributed by atoms with Gasteiger partial charge < -0.3 is 19.5 Å². The Kier molecular flexibility index (Phi) is 4.76. The number of carboxylic acids is 1. The minimum atomic E-state index is -0.992. The molecule has 1 atom stereocenters. The first kappa shape index (κ1) is 16.8. The molecule has 1 fully saturated rings. The molecule has 1 amide bonds. The number of carbonyl (C=O) groups is 2. The van der Waals surface area contributed by atoms with Crippen molar-refractivity contribution in [2.24, 2.45) is 5.41 Å². The van der Waals surface area contributed by atoms with E-state index in [1.807, 2.05) is 18.2 Å². The van der Waals surface area contributed by atoms with Gasteiger partial charge >= 0.3 is 5.97 Å². The molecule has 6 nitrogen and oxygen atoms in total. The normalized spacial score (nSPS) is 22.8. The Morgan fingerprint density at radius 1 is 1.42 bits per heavy atom. The lowest BCUT2D eigenvalue weighted by atomic mass is 9.80. The van der Waals surface area contributed by atoms with Gasteiger partial charge in [-0.2, -0.15) is 0 Å². The fraction of sp³-hybridized carbons (Fsp3) is 0.556. The zero-order valence-corrected chi connectivity index (χ0v) is 13.9. The van der Waals surface area contributed by atoms with Gasteiger partial charge in [0.2, 0.25) is 5.91 Å². The summed E-state index contributed by atoms with van der Waals surface area (Å²) < 4.78 is 10.6. The highest BCUT2D eigenvalue weighted by molar-refractivity contribution is 5.81. The predicted molar refractivity (Wildman–Crippen MR) is 87.1 cm³/mol. The monoisotopic (exact) mass is 333 g/mol. The van der Waals surface area contributed by atoms with Crippen LogP contribution in [0.25, 0.3) is 0 Å². The van der Waals surface area contributed by atoms with Crippen molar-refractivity contribution in [3.63, 3.8) is 0 Å². The number of carbonyl (C=O) groups excluding carboxylic acids is 1. The van der Waals surface area contributed by atoms with Crippen LogP contribution >= 0.6 is 0 Å². The minimum absolute atomic E-state index is 0.0321. The van der Waals surface area contributed by atoms with E-state index in [9.17, 15) is 14.7 Å². The van der Waals surface area contributed by atoms with Crippen molar-refractivity contribution in [3.05, 3.63) is 29.3 Å². The van der Waals surface area contributed by atoms with Gasteiger partial charge in [0.05, 0.1) is 19.6 Å². The molecule has 0 saturated carbocycles. The Hall–Kier alpha value is -2.08. The van der Waals surface area contributed by atoms with E-state index in [0.29, 0.717) is 26.0 Å². The van der Waals surface area contributed by atoms with E-state index in [4.69, 9.17) is 9.47 Å². The number of aliphatic carboxylic acids is 1. The average Bonchev–Trinajstić information content (AvgIpc) is 3.03. The Bertz CT molecular complexity index is 640. The van der Waals surface area contributed by atoms with Gasteiger partial charge in [-0.3, -0.25) is 9.59 Å². The molecule has 1 saturated heterocycles. The molecule has 0 aliphatic carbocycles. The summed E-state index contributed by atoms with van der Waals surface area (Å²) in [6, 6.07) is 5.84. The molecule has 1 unspecified atom stereocenters. The second kappa shape index (κ2) is 6.81. The summed E-state index contributed by atoms with van der Waals surface area (Å²) in [5, 5.41) is 9.58. The third-order valence-electron chi connectivity index (χ3n) is 4.91. The number of piperidine rings is 1. The second-order valence-corrected chi connectivity index (χ2v) is 6.65. The van der Waals surface area contributed by atoms with Crippen molar-refractivity contribution in [1.82, 2.24) is 4.90 Å². The zero-order chi connectivity index (χ0) is 17.2. The highest BCUT2D eigenvalue weighted by atomic mass is 16.5. The lowest BCUT2D eigenvalue weighted by Crippen LogP contribution is -2.52. The number of hydrogen-bond donors (Lipinski definition) is 1. The Morgan fingerprint density at radius 3 is 3.00 bits per heavy atom. The van der Waals surface area contributed by atoms with Crippen molar-refractivity contribution >= 4 is 11.9 Å². The molecule has 3 rings (SSSR count). The van der Waals surface area contributed by atoms with Crippen LogP contribution < -0.4 is 4.74 Å². The largest absolute Gasteiger partial charge is 0.493 e. The van der Waals surface area contributed by atoms with Gasteiger partial charge in [-0.05, 0) is 30.0 Å². The first-order chi connectivity index (χ1) is 11.5. The third kappa shape index (κ3) is 3.24. The SMILES string of the molecule is COCC1(C(=O)O)CCCN(C(=O)Cc2ccc3c(c2)CCO3)C1. The van der Waals surface area contributed by atoms with Gasteiger partial charge in [-0.25, -0.2) is 0 Å². The van der Waals surface area contributed by atoms with Gasteiger partial charge in [0, 0.05) is 26.6 Å². The van der Waals surface area contributed by atoms with E-state index in [1.54, 1.807) is 4.90 Å². The fourth-order valence-corrected chi connectivity index (χ4v) is 3.61. The summed E-state index contributed by atoms with van der Waals surface area (Å²) >= 11 is 0. The number of rotatable bonds is 5. The summed E-state index contributed by atoms with van der Waals surface area (Å²) in [7, 11) is 1.50. The predicted octanol–water partition coefficient (Wildman–Crippen LogP) is 1.50. The molecule has 1 N–H and O–H groups in total. The maximum Gasteiger partial charge on any atom is 0.313 e. The first-order valence-electron chi connectivity index (χ1n) is 8.29. The van der Waals surface area contributed by atoms with Crippen LogP contribution in [0.2, 0.25) is 0 Å². The molecule has 2 aliphatic rings. The summed E-state index contributed by atoms with van der Waals surface area (Å²) in [6.45, 7) is 1.63. The minimum Gasteiger partial charge on any atom is -0.493 e. The number of methoxy groups -OCH3 is 1. The molecule has 6 heteroatoms. The van der Waals surface area contributed by atoms with Gasteiger partial charge in [-0.1, -0.05) is 12.1 Å². The molecule has 0 spiro atoms. The molecule has 2 aliphatic heterocycles. The van der Waals surface area contributed by atoms with E-state index in [1.165, 1.54) is 7.11 Å². The molecule has 1 aromatic carbocycles. The molecule has 24 heavy (non-hydrogen) atoms. The van der Waals surface area contributed by atoms with Crippen molar-refractivity contribution in [2.75, 3.05) is 33.4 Å². The van der Waals surface area contributed by atoms with Crippen molar-refractivity contribution in [1.29, 1.82) is 0 Å². The number of amides is 1. The van der Waals surface area contributed by atoms with Gasteiger partial charge in [-0.15, -0.1) is 0 Å². The highest BCUT2D eigenvalue weighted by Crippen LogP contribution is 2.31. The van der Waals surface area contributed by atoms with Crippen LogP contribution in [0, 0.1) is 5.41 Å². The number of fused-ring (bicyclic) bond motifs is 1. The third-order valence-corrected chi connectivity index (χ3v) is 4.91. The Labute approximate surface area is 141 Å².